The van der Waals surface area contributed by atoms with E-state index in [0.717, 1.165) is 15.6 Å². The van der Waals surface area contributed by atoms with Crippen LogP contribution in [0.25, 0.3) is 0 Å². The van der Waals surface area contributed by atoms with Crippen LogP contribution in [0.4, 0.5) is 0 Å². The van der Waals surface area contributed by atoms with Crippen LogP contribution in [0.15, 0.2) is 35.3 Å². The van der Waals surface area contributed by atoms with Crippen LogP contribution in [0.3, 0.4) is 0 Å². The van der Waals surface area contributed by atoms with E-state index in [1.165, 1.54) is 42.2 Å². The molecule has 0 spiro atoms. The fraction of sp³-hybridized carbons (Fsp3) is 0.312. The minimum atomic E-state index is -3.93. The van der Waals surface area contributed by atoms with E-state index in [1.807, 2.05) is 6.92 Å². The van der Waals surface area contributed by atoms with Gasteiger partial charge in [-0.2, -0.15) is 22.9 Å². The van der Waals surface area contributed by atoms with Gasteiger partial charge in [0.05, 0.1) is 19.0 Å². The lowest BCUT2D eigenvalue weighted by Crippen LogP contribution is -2.24. The third kappa shape index (κ3) is 4.68. The first kappa shape index (κ1) is 20.3. The van der Waals surface area contributed by atoms with Crippen molar-refractivity contribution in [2.24, 2.45) is 7.05 Å². The van der Waals surface area contributed by atoms with Gasteiger partial charge in [-0.25, -0.2) is 14.3 Å². The lowest BCUT2D eigenvalue weighted by molar-refractivity contribution is 0.0717. The van der Waals surface area contributed by atoms with Gasteiger partial charge in [-0.1, -0.05) is 6.07 Å². The van der Waals surface area contributed by atoms with Crippen molar-refractivity contribution < 1.29 is 22.1 Å². The Kier molecular flexibility index (Phi) is 5.50. The van der Waals surface area contributed by atoms with Gasteiger partial charge >= 0.3 is 21.8 Å². The minimum absolute atomic E-state index is 0.00469. The molecule has 0 fully saturated rings. The van der Waals surface area contributed by atoms with Crippen molar-refractivity contribution in [1.29, 1.82) is 0 Å². The van der Waals surface area contributed by atoms with Crippen molar-refractivity contribution in [1.82, 2.24) is 29.6 Å². The fourth-order valence-corrected chi connectivity index (χ4v) is 2.95. The Bertz CT molecular complexity index is 1210. The number of hydrogen-bond acceptors (Lipinski definition) is 9. The maximum Gasteiger partial charge on any atom is 0.363 e. The second kappa shape index (κ2) is 7.87. The minimum Gasteiger partial charge on any atom is -0.404 e. The number of benzene rings is 1. The maximum absolute atomic E-state index is 12.6. The molecule has 154 valence electrons. The third-order valence-electron chi connectivity index (χ3n) is 3.79. The smallest absolute Gasteiger partial charge is 0.363 e. The molecule has 0 aliphatic rings. The SMILES string of the molecule is CCn1nccc1OC(=O)c1ccc(Cn2nnn(C)c2=O)cc1OS(C)(=O)=O. The predicted molar refractivity (Wildman–Crippen MR) is 99.1 cm³/mol. The van der Waals surface area contributed by atoms with E-state index < -0.39 is 21.8 Å². The molecule has 0 saturated carbocycles. The van der Waals surface area contributed by atoms with E-state index in [-0.39, 0.29) is 23.7 Å². The molecule has 0 amide bonds. The molecule has 3 rings (SSSR count). The van der Waals surface area contributed by atoms with Crippen molar-refractivity contribution in [2.45, 2.75) is 20.0 Å². The van der Waals surface area contributed by atoms with E-state index >= 15 is 0 Å². The number of ether oxygens (including phenoxy) is 1. The molecular formula is C16H18N6O6S. The average molecular weight is 422 g/mol. The summed E-state index contributed by atoms with van der Waals surface area (Å²) in [4.78, 5) is 24.5. The van der Waals surface area contributed by atoms with E-state index in [9.17, 15) is 18.0 Å². The Balaban J connectivity index is 1.94. The summed E-state index contributed by atoms with van der Waals surface area (Å²) in [6, 6.07) is 5.72. The highest BCUT2D eigenvalue weighted by molar-refractivity contribution is 7.86. The second-order valence-corrected chi connectivity index (χ2v) is 7.61. The topological polar surface area (TPSA) is 140 Å². The fourth-order valence-electron chi connectivity index (χ4n) is 2.48. The summed E-state index contributed by atoms with van der Waals surface area (Å²) in [5, 5.41) is 11.3. The van der Waals surface area contributed by atoms with Crippen LogP contribution >= 0.6 is 0 Å². The van der Waals surface area contributed by atoms with Crippen molar-refractivity contribution in [3.05, 3.63) is 52.1 Å². The Labute approximate surface area is 165 Å². The lowest BCUT2D eigenvalue weighted by atomic mass is 10.1. The summed E-state index contributed by atoms with van der Waals surface area (Å²) in [5.41, 5.74) is -0.0807. The lowest BCUT2D eigenvalue weighted by Gasteiger charge is -2.11. The quantitative estimate of drug-likeness (QED) is 0.374. The zero-order valence-corrected chi connectivity index (χ0v) is 16.7. The molecule has 1 aromatic carbocycles. The summed E-state index contributed by atoms with van der Waals surface area (Å²) >= 11 is 0. The first-order valence-electron chi connectivity index (χ1n) is 8.41. The van der Waals surface area contributed by atoms with E-state index in [0.29, 0.717) is 12.1 Å². The summed E-state index contributed by atoms with van der Waals surface area (Å²) in [5.74, 6) is -0.838. The molecule has 0 atom stereocenters. The zero-order chi connectivity index (χ0) is 21.2. The van der Waals surface area contributed by atoms with Gasteiger partial charge in [-0.15, -0.1) is 0 Å². The van der Waals surface area contributed by atoms with Crippen molar-refractivity contribution in [3.8, 4) is 11.6 Å². The summed E-state index contributed by atoms with van der Waals surface area (Å²) in [6.45, 7) is 2.31. The van der Waals surface area contributed by atoms with Crippen molar-refractivity contribution >= 4 is 16.1 Å². The first-order valence-corrected chi connectivity index (χ1v) is 10.2. The molecule has 0 saturated heterocycles. The normalized spacial score (nSPS) is 11.4. The average Bonchev–Trinajstić information content (AvgIpc) is 3.21. The van der Waals surface area contributed by atoms with Gasteiger partial charge < -0.3 is 8.92 Å². The van der Waals surface area contributed by atoms with Gasteiger partial charge in [0.2, 0.25) is 5.88 Å². The Hall–Kier alpha value is -3.48. The van der Waals surface area contributed by atoms with Crippen LogP contribution in [-0.4, -0.2) is 50.2 Å². The summed E-state index contributed by atoms with van der Waals surface area (Å²) in [6.07, 6.45) is 2.33. The molecule has 13 heteroatoms. The molecule has 0 unspecified atom stereocenters. The first-order chi connectivity index (χ1) is 13.7. The molecule has 2 aromatic heterocycles. The highest BCUT2D eigenvalue weighted by atomic mass is 32.2. The molecule has 0 N–H and O–H groups in total. The molecular weight excluding hydrogens is 404 g/mol. The van der Waals surface area contributed by atoms with Gasteiger partial charge in [0.15, 0.2) is 5.75 Å². The number of hydrogen-bond donors (Lipinski definition) is 0. The molecule has 0 bridgehead atoms. The van der Waals surface area contributed by atoms with Crippen LogP contribution < -0.4 is 14.6 Å². The Morgan fingerprint density at radius 1 is 1.17 bits per heavy atom. The molecule has 0 aliphatic heterocycles. The molecule has 12 nitrogen and oxygen atoms in total. The van der Waals surface area contributed by atoms with Crippen LogP contribution in [0, 0.1) is 0 Å². The zero-order valence-electron chi connectivity index (χ0n) is 15.8. The van der Waals surface area contributed by atoms with Crippen LogP contribution in [-0.2, 0) is 30.3 Å². The number of esters is 1. The van der Waals surface area contributed by atoms with Gasteiger partial charge in [0, 0.05) is 19.7 Å². The molecule has 2 heterocycles. The van der Waals surface area contributed by atoms with Crippen LogP contribution in [0.2, 0.25) is 0 Å². The van der Waals surface area contributed by atoms with E-state index in [2.05, 4.69) is 15.5 Å². The predicted octanol–water partition coefficient (Wildman–Crippen LogP) is -0.201. The third-order valence-corrected chi connectivity index (χ3v) is 4.28. The number of rotatable bonds is 7. The number of carbonyl (C=O) groups is 1. The summed E-state index contributed by atoms with van der Waals surface area (Å²) in [7, 11) is -2.48. The molecule has 3 aromatic rings. The Morgan fingerprint density at radius 2 is 1.93 bits per heavy atom. The number of aromatic nitrogens is 6. The molecule has 0 radical (unpaired) electrons. The van der Waals surface area contributed by atoms with E-state index in [4.69, 9.17) is 8.92 Å². The van der Waals surface area contributed by atoms with Gasteiger partial charge in [0.25, 0.3) is 0 Å². The maximum atomic E-state index is 12.6. The van der Waals surface area contributed by atoms with Crippen LogP contribution in [0.1, 0.15) is 22.8 Å². The van der Waals surface area contributed by atoms with Gasteiger partial charge in [-0.3, -0.25) is 0 Å². The monoisotopic (exact) mass is 422 g/mol. The van der Waals surface area contributed by atoms with Gasteiger partial charge in [0.1, 0.15) is 5.56 Å². The standard InChI is InChI=1S/C16H18N6O6S/c1-4-21-14(7-8-17-21)27-15(23)12-6-5-11(9-13(12)28-29(3,25)26)10-22-16(24)20(2)18-19-22/h5-9H,4,10H2,1-3H3. The highest BCUT2D eigenvalue weighted by Crippen LogP contribution is 2.24. The molecule has 0 aliphatic carbocycles. The number of tetrazole rings is 1. The number of nitrogens with zero attached hydrogens (tertiary/aromatic N) is 6. The largest absolute Gasteiger partial charge is 0.404 e. The van der Waals surface area contributed by atoms with Gasteiger partial charge in [-0.05, 0) is 35.0 Å². The van der Waals surface area contributed by atoms with Crippen molar-refractivity contribution in [2.75, 3.05) is 6.26 Å². The highest BCUT2D eigenvalue weighted by Gasteiger charge is 2.20. The molecule has 29 heavy (non-hydrogen) atoms. The van der Waals surface area contributed by atoms with Crippen molar-refractivity contribution in [3.63, 3.8) is 0 Å². The number of carbonyl (C=O) groups excluding carboxylic acids is 1. The van der Waals surface area contributed by atoms with E-state index in [1.54, 1.807) is 0 Å². The second-order valence-electron chi connectivity index (χ2n) is 6.04. The Morgan fingerprint density at radius 3 is 2.55 bits per heavy atom. The van der Waals surface area contributed by atoms with Crippen LogP contribution in [0.5, 0.6) is 11.6 Å². The summed E-state index contributed by atoms with van der Waals surface area (Å²) < 4.78 is 37.2. The number of aryl methyl sites for hydroxylation is 2.